The lowest BCUT2D eigenvalue weighted by Crippen LogP contribution is -2.11. The molecule has 5 nitrogen and oxygen atoms in total. The predicted molar refractivity (Wildman–Crippen MR) is 127 cm³/mol. The van der Waals surface area contributed by atoms with Gasteiger partial charge in [0, 0.05) is 22.9 Å². The van der Waals surface area contributed by atoms with Gasteiger partial charge in [-0.05, 0) is 79.4 Å². The molecule has 1 fully saturated rings. The highest BCUT2D eigenvalue weighted by atomic mass is 19.1. The molecular weight excluding hydrogens is 417 g/mol. The number of nitrogens with zero attached hydrogens (tertiary/aromatic N) is 2. The van der Waals surface area contributed by atoms with Crippen molar-refractivity contribution in [1.82, 2.24) is 9.55 Å². The van der Waals surface area contributed by atoms with E-state index >= 15 is 0 Å². The van der Waals surface area contributed by atoms with Crippen molar-refractivity contribution in [2.75, 3.05) is 5.32 Å². The normalized spacial score (nSPS) is 14.0. The van der Waals surface area contributed by atoms with E-state index in [0.29, 0.717) is 11.7 Å². The third-order valence-electron chi connectivity index (χ3n) is 6.31. The Bertz CT molecular complexity index is 1250. The van der Waals surface area contributed by atoms with Crippen LogP contribution in [0.4, 0.5) is 10.1 Å². The number of nitrogens with one attached hydrogen (secondary N) is 1. The van der Waals surface area contributed by atoms with Gasteiger partial charge >= 0.3 is 0 Å². The smallest absolute Gasteiger partial charge is 0.291 e. The molecule has 5 rings (SSSR count). The van der Waals surface area contributed by atoms with Crippen LogP contribution in [0.3, 0.4) is 0 Å². The zero-order valence-corrected chi connectivity index (χ0v) is 18.6. The molecular formula is C27H26FN3O2. The lowest BCUT2D eigenvalue weighted by atomic mass is 10.00. The van der Waals surface area contributed by atoms with Crippen LogP contribution in [0.25, 0.3) is 22.5 Å². The lowest BCUT2D eigenvalue weighted by molar-refractivity contribution is 0.0996. The van der Waals surface area contributed by atoms with Gasteiger partial charge in [-0.15, -0.1) is 0 Å². The number of imidazole rings is 1. The third-order valence-corrected chi connectivity index (χ3v) is 6.31. The van der Waals surface area contributed by atoms with Crippen LogP contribution in [-0.4, -0.2) is 15.5 Å². The number of aryl methyl sites for hydroxylation is 1. The van der Waals surface area contributed by atoms with Crippen LogP contribution in [0.1, 0.15) is 54.8 Å². The maximum Gasteiger partial charge on any atom is 0.291 e. The van der Waals surface area contributed by atoms with E-state index in [2.05, 4.69) is 22.9 Å². The molecule has 0 aliphatic heterocycles. The summed E-state index contributed by atoms with van der Waals surface area (Å²) in [5.74, 6) is -0.296. The van der Waals surface area contributed by atoms with E-state index in [9.17, 15) is 9.18 Å². The van der Waals surface area contributed by atoms with Gasteiger partial charge in [0.25, 0.3) is 5.91 Å². The van der Waals surface area contributed by atoms with E-state index in [1.807, 2.05) is 18.5 Å². The number of carbonyl (C=O) groups is 1. The Kier molecular flexibility index (Phi) is 5.82. The van der Waals surface area contributed by atoms with Crippen molar-refractivity contribution in [3.63, 3.8) is 0 Å². The minimum Gasteiger partial charge on any atom is -0.459 e. The van der Waals surface area contributed by atoms with Crippen LogP contribution in [0.2, 0.25) is 0 Å². The minimum atomic E-state index is -0.290. The molecule has 4 aromatic rings. The summed E-state index contributed by atoms with van der Waals surface area (Å²) >= 11 is 0. The highest BCUT2D eigenvalue weighted by Crippen LogP contribution is 2.39. The van der Waals surface area contributed by atoms with Crippen molar-refractivity contribution in [1.29, 1.82) is 0 Å². The average molecular weight is 444 g/mol. The minimum absolute atomic E-state index is 0.265. The summed E-state index contributed by atoms with van der Waals surface area (Å²) in [6, 6.07) is 16.3. The van der Waals surface area contributed by atoms with Crippen LogP contribution in [0.5, 0.6) is 0 Å². The van der Waals surface area contributed by atoms with Crippen molar-refractivity contribution < 1.29 is 13.6 Å². The van der Waals surface area contributed by atoms with Crippen molar-refractivity contribution in [3.8, 4) is 22.5 Å². The van der Waals surface area contributed by atoms with Crippen LogP contribution in [0.15, 0.2) is 71.6 Å². The lowest BCUT2D eigenvalue weighted by Gasteiger charge is -2.18. The molecule has 1 saturated carbocycles. The zero-order chi connectivity index (χ0) is 22.8. The Morgan fingerprint density at radius 1 is 1.12 bits per heavy atom. The van der Waals surface area contributed by atoms with Crippen molar-refractivity contribution in [3.05, 3.63) is 84.3 Å². The summed E-state index contributed by atoms with van der Waals surface area (Å²) in [5.41, 5.74) is 5.47. The molecule has 0 saturated heterocycles. The Labute approximate surface area is 192 Å². The van der Waals surface area contributed by atoms with Gasteiger partial charge in [0.2, 0.25) is 0 Å². The van der Waals surface area contributed by atoms with E-state index < -0.39 is 0 Å². The number of hydrogen-bond donors (Lipinski definition) is 1. The number of furan rings is 1. The van der Waals surface area contributed by atoms with Crippen LogP contribution >= 0.6 is 0 Å². The predicted octanol–water partition coefficient (Wildman–Crippen LogP) is 6.88. The molecule has 0 atom stereocenters. The molecule has 1 N–H and O–H groups in total. The fourth-order valence-corrected chi connectivity index (χ4v) is 4.63. The van der Waals surface area contributed by atoms with Gasteiger partial charge in [0.1, 0.15) is 5.82 Å². The molecule has 1 amide bonds. The van der Waals surface area contributed by atoms with Crippen molar-refractivity contribution >= 4 is 11.6 Å². The van der Waals surface area contributed by atoms with Gasteiger partial charge in [-0.2, -0.15) is 0 Å². The first kappa shape index (κ1) is 21.2. The van der Waals surface area contributed by atoms with Crippen molar-refractivity contribution in [2.24, 2.45) is 0 Å². The number of amides is 1. The molecule has 0 radical (unpaired) electrons. The largest absolute Gasteiger partial charge is 0.459 e. The summed E-state index contributed by atoms with van der Waals surface area (Å²) in [7, 11) is 0. The quantitative estimate of drug-likeness (QED) is 0.353. The number of carbonyl (C=O) groups excluding carboxylic acids is 1. The van der Waals surface area contributed by atoms with E-state index in [0.717, 1.165) is 47.3 Å². The first-order valence-corrected chi connectivity index (χ1v) is 11.4. The van der Waals surface area contributed by atoms with Gasteiger partial charge in [0.15, 0.2) is 5.76 Å². The van der Waals surface area contributed by atoms with E-state index in [1.165, 1.54) is 31.2 Å². The summed E-state index contributed by atoms with van der Waals surface area (Å²) in [5, 5.41) is 2.97. The monoisotopic (exact) mass is 443 g/mol. The highest BCUT2D eigenvalue weighted by Gasteiger charge is 2.24. The molecule has 0 bridgehead atoms. The number of anilines is 1. The molecule has 168 valence electrons. The third kappa shape index (κ3) is 4.33. The second-order valence-corrected chi connectivity index (χ2v) is 8.50. The Morgan fingerprint density at radius 2 is 1.91 bits per heavy atom. The van der Waals surface area contributed by atoms with Gasteiger partial charge in [-0.1, -0.05) is 19.8 Å². The van der Waals surface area contributed by atoms with Crippen LogP contribution in [-0.2, 0) is 6.42 Å². The maximum absolute atomic E-state index is 13.6. The van der Waals surface area contributed by atoms with Crippen LogP contribution in [0, 0.1) is 5.82 Å². The van der Waals surface area contributed by atoms with Crippen molar-refractivity contribution in [2.45, 2.75) is 45.1 Å². The highest BCUT2D eigenvalue weighted by molar-refractivity contribution is 6.02. The summed E-state index contributed by atoms with van der Waals surface area (Å²) in [4.78, 5) is 17.4. The number of rotatable bonds is 6. The number of hydrogen-bond acceptors (Lipinski definition) is 3. The molecule has 0 spiro atoms. The Balaban J connectivity index is 1.61. The van der Waals surface area contributed by atoms with Crippen LogP contribution < -0.4 is 5.32 Å². The molecule has 33 heavy (non-hydrogen) atoms. The van der Waals surface area contributed by atoms with Gasteiger partial charge in [0.05, 0.1) is 24.0 Å². The molecule has 6 heteroatoms. The first-order valence-electron chi connectivity index (χ1n) is 11.4. The Morgan fingerprint density at radius 3 is 2.61 bits per heavy atom. The number of aromatic nitrogens is 2. The summed E-state index contributed by atoms with van der Waals surface area (Å²) in [6.07, 6.45) is 8.84. The first-order chi connectivity index (χ1) is 16.1. The SMILES string of the molecule is CCc1cc(NC(=O)c2ccco2)cc(-c2c(-c3ccc(F)cc3)ncn2C2CCCC2)c1. The van der Waals surface area contributed by atoms with E-state index in [1.54, 1.807) is 24.3 Å². The summed E-state index contributed by atoms with van der Waals surface area (Å²) in [6.45, 7) is 2.09. The molecule has 2 heterocycles. The van der Waals surface area contributed by atoms with Gasteiger partial charge in [-0.25, -0.2) is 9.37 Å². The fraction of sp³-hybridized carbons (Fsp3) is 0.259. The van der Waals surface area contributed by atoms with E-state index in [4.69, 9.17) is 9.40 Å². The molecule has 2 aromatic carbocycles. The number of benzene rings is 2. The second kappa shape index (κ2) is 9.06. The topological polar surface area (TPSA) is 60.1 Å². The molecule has 1 aliphatic rings. The van der Waals surface area contributed by atoms with Gasteiger partial charge in [-0.3, -0.25) is 4.79 Å². The fourth-order valence-electron chi connectivity index (χ4n) is 4.63. The summed E-state index contributed by atoms with van der Waals surface area (Å²) < 4.78 is 21.1. The Hall–Kier alpha value is -3.67. The van der Waals surface area contributed by atoms with E-state index in [-0.39, 0.29) is 17.5 Å². The zero-order valence-electron chi connectivity index (χ0n) is 18.6. The maximum atomic E-state index is 13.6. The molecule has 0 unspecified atom stereocenters. The second-order valence-electron chi connectivity index (χ2n) is 8.50. The molecule has 1 aliphatic carbocycles. The molecule has 2 aromatic heterocycles. The standard InChI is InChI=1S/C27H26FN3O2/c1-2-18-14-20(16-22(15-18)30-27(32)24-8-5-13-33-24)26-25(19-9-11-21(28)12-10-19)29-17-31(26)23-6-3-4-7-23/h5,8-17,23H,2-4,6-7H2,1H3,(H,30,32). The van der Waals surface area contributed by atoms with Gasteiger partial charge < -0.3 is 14.3 Å². The number of halogens is 1. The average Bonchev–Trinajstić information content (AvgIpc) is 3.60.